The van der Waals surface area contributed by atoms with Crippen LogP contribution in [-0.2, 0) is 28.8 Å². The molecule has 0 fully saturated rings. The van der Waals surface area contributed by atoms with E-state index in [-0.39, 0.29) is 16.9 Å². The second-order valence-corrected chi connectivity index (χ2v) is 9.47. The highest BCUT2D eigenvalue weighted by atomic mass is 32.2. The number of nitrogens with zero attached hydrogens (tertiary/aromatic N) is 2. The average Bonchev–Trinajstić information content (AvgIpc) is 3.28. The normalized spacial score (nSPS) is 20.8. The first-order valence-corrected chi connectivity index (χ1v) is 10.8. The fraction of sp³-hybridized carbons (Fsp3) is 0.250. The number of nitrogens with one attached hydrogen (secondary N) is 1. The molecule has 1 N–H and O–H groups in total. The van der Waals surface area contributed by atoms with Crippen LogP contribution in [0.3, 0.4) is 0 Å². The topological polar surface area (TPSA) is 66.1 Å². The van der Waals surface area contributed by atoms with Gasteiger partial charge in [0.2, 0.25) is 10.0 Å². The molecule has 2 aliphatic heterocycles. The molecule has 2 aromatic carbocycles. The van der Waals surface area contributed by atoms with E-state index in [2.05, 4.69) is 10.2 Å². The van der Waals surface area contributed by atoms with Crippen LogP contribution in [0.1, 0.15) is 45.6 Å². The maximum Gasteiger partial charge on any atom is 0.416 e. The monoisotopic (exact) mass is 473 g/mol. The number of hydrogen-bond donors (Lipinski definition) is 1. The van der Waals surface area contributed by atoms with Crippen molar-refractivity contribution < 1.29 is 34.8 Å². The summed E-state index contributed by atoms with van der Waals surface area (Å²) in [6, 6.07) is 4.22. The molecule has 2 bridgehead atoms. The van der Waals surface area contributed by atoms with Crippen LogP contribution in [0.25, 0.3) is 0 Å². The second kappa shape index (κ2) is 6.58. The van der Waals surface area contributed by atoms with Crippen molar-refractivity contribution in [3.05, 3.63) is 82.2 Å². The molecule has 168 valence electrons. The largest absolute Gasteiger partial charge is 0.416 e. The minimum absolute atomic E-state index is 0.0556. The van der Waals surface area contributed by atoms with Crippen molar-refractivity contribution in [2.75, 3.05) is 0 Å². The van der Waals surface area contributed by atoms with Gasteiger partial charge in [0.15, 0.2) is 0 Å². The lowest BCUT2D eigenvalue weighted by Crippen LogP contribution is -2.37. The van der Waals surface area contributed by atoms with Gasteiger partial charge in [-0.1, -0.05) is 6.07 Å². The summed E-state index contributed by atoms with van der Waals surface area (Å²) in [6.45, 7) is 0. The molecule has 1 aromatic heterocycles. The van der Waals surface area contributed by atoms with Gasteiger partial charge in [-0.25, -0.2) is 8.42 Å². The number of halogens is 6. The Kier molecular flexibility index (Phi) is 4.32. The molecule has 0 amide bonds. The third-order valence-electron chi connectivity index (χ3n) is 5.83. The molecule has 3 heterocycles. The summed E-state index contributed by atoms with van der Waals surface area (Å²) in [7, 11) is -4.35. The van der Waals surface area contributed by atoms with E-state index in [1.54, 1.807) is 0 Å². The summed E-state index contributed by atoms with van der Waals surface area (Å²) in [4.78, 5) is -0.378. The van der Waals surface area contributed by atoms with Crippen molar-refractivity contribution in [3.63, 3.8) is 0 Å². The Hall–Kier alpha value is -2.86. The van der Waals surface area contributed by atoms with Crippen LogP contribution in [0.4, 0.5) is 26.3 Å². The minimum Gasteiger partial charge on any atom is -0.282 e. The Morgan fingerprint density at radius 3 is 2.12 bits per heavy atom. The van der Waals surface area contributed by atoms with Gasteiger partial charge in [-0.2, -0.15) is 35.7 Å². The molecule has 5 rings (SSSR count). The lowest BCUT2D eigenvalue weighted by Gasteiger charge is -2.33. The zero-order valence-corrected chi connectivity index (χ0v) is 16.7. The molecule has 0 saturated heterocycles. The Labute approximate surface area is 177 Å². The summed E-state index contributed by atoms with van der Waals surface area (Å²) in [5, 5.41) is 6.68. The van der Waals surface area contributed by atoms with E-state index in [9.17, 15) is 34.8 Å². The van der Waals surface area contributed by atoms with Crippen molar-refractivity contribution in [2.24, 2.45) is 0 Å². The van der Waals surface area contributed by atoms with Gasteiger partial charge in [0, 0.05) is 17.7 Å². The Morgan fingerprint density at radius 2 is 1.50 bits per heavy atom. The number of fused-ring (bicyclic) bond motifs is 7. The third-order valence-corrected chi connectivity index (χ3v) is 7.72. The van der Waals surface area contributed by atoms with Crippen molar-refractivity contribution in [1.29, 1.82) is 0 Å². The summed E-state index contributed by atoms with van der Waals surface area (Å²) < 4.78 is 107. The lowest BCUT2D eigenvalue weighted by atomic mass is 9.99. The van der Waals surface area contributed by atoms with Crippen LogP contribution in [0.15, 0.2) is 53.6 Å². The highest BCUT2D eigenvalue weighted by Crippen LogP contribution is 2.54. The zero-order valence-electron chi connectivity index (χ0n) is 15.9. The molecule has 0 aliphatic carbocycles. The number of aromatic amines is 1. The maximum absolute atomic E-state index is 13.5. The summed E-state index contributed by atoms with van der Waals surface area (Å²) in [5.41, 5.74) is -0.215. The SMILES string of the molecule is O=S(=O)(c1ccc(C(F)(F)F)cc1)N1C2Cc3[nH]ncc3C1c1ccc(C(F)(F)F)cc12. The quantitative estimate of drug-likeness (QED) is 0.542. The number of alkyl halides is 6. The van der Waals surface area contributed by atoms with Crippen LogP contribution < -0.4 is 0 Å². The third kappa shape index (κ3) is 3.04. The summed E-state index contributed by atoms with van der Waals surface area (Å²) in [5.74, 6) is 0. The minimum atomic E-state index is -4.64. The van der Waals surface area contributed by atoms with E-state index in [4.69, 9.17) is 0 Å². The van der Waals surface area contributed by atoms with Crippen LogP contribution in [0, 0.1) is 0 Å². The van der Waals surface area contributed by atoms with Crippen LogP contribution in [0.2, 0.25) is 0 Å². The average molecular weight is 473 g/mol. The number of benzene rings is 2. The fourth-order valence-corrected chi connectivity index (χ4v) is 6.16. The van der Waals surface area contributed by atoms with E-state index in [0.29, 0.717) is 29.0 Å². The number of hydrogen-bond acceptors (Lipinski definition) is 3. The van der Waals surface area contributed by atoms with E-state index in [0.717, 1.165) is 28.6 Å². The molecule has 0 spiro atoms. The van der Waals surface area contributed by atoms with Gasteiger partial charge in [0.05, 0.1) is 34.3 Å². The molecular formula is C20H13F6N3O2S. The van der Waals surface area contributed by atoms with Crippen molar-refractivity contribution in [3.8, 4) is 0 Å². The molecule has 12 heteroatoms. The Morgan fingerprint density at radius 1 is 0.875 bits per heavy atom. The van der Waals surface area contributed by atoms with Crippen LogP contribution in [-0.4, -0.2) is 22.9 Å². The van der Waals surface area contributed by atoms with Gasteiger partial charge in [-0.05, 0) is 47.5 Å². The standard InChI is InChI=1S/C20H13F6N3O2S/c21-19(22,23)10-1-4-12(5-2-10)32(30,31)29-17-8-16-15(9-27-28-16)18(29)13-6-3-11(7-14(13)17)20(24,25)26/h1-7,9,17-18H,8H2,(H,27,28). The Bertz CT molecular complexity index is 1310. The highest BCUT2D eigenvalue weighted by Gasteiger charge is 2.51. The highest BCUT2D eigenvalue weighted by molar-refractivity contribution is 7.89. The molecule has 5 nitrogen and oxygen atoms in total. The first kappa shape index (κ1) is 21.0. The van der Waals surface area contributed by atoms with Gasteiger partial charge in [0.1, 0.15) is 0 Å². The van der Waals surface area contributed by atoms with E-state index >= 15 is 0 Å². The number of H-pyrrole nitrogens is 1. The van der Waals surface area contributed by atoms with Gasteiger partial charge >= 0.3 is 12.4 Å². The van der Waals surface area contributed by atoms with Crippen LogP contribution in [0.5, 0.6) is 0 Å². The van der Waals surface area contributed by atoms with Gasteiger partial charge in [0.25, 0.3) is 0 Å². The molecule has 2 atom stereocenters. The predicted octanol–water partition coefficient (Wildman–Crippen LogP) is 4.84. The predicted molar refractivity (Wildman–Crippen MR) is 98.8 cm³/mol. The maximum atomic E-state index is 13.5. The zero-order chi connectivity index (χ0) is 23.1. The number of aromatic nitrogens is 2. The molecular weight excluding hydrogens is 460 g/mol. The van der Waals surface area contributed by atoms with Crippen LogP contribution >= 0.6 is 0 Å². The smallest absolute Gasteiger partial charge is 0.282 e. The molecule has 2 aliphatic rings. The second-order valence-electron chi connectivity index (χ2n) is 7.62. The van der Waals surface area contributed by atoms with Gasteiger partial charge in [-0.15, -0.1) is 0 Å². The molecule has 2 unspecified atom stereocenters. The number of rotatable bonds is 2. The fourth-order valence-electron chi connectivity index (χ4n) is 4.41. The van der Waals surface area contributed by atoms with E-state index < -0.39 is 45.6 Å². The first-order chi connectivity index (χ1) is 14.9. The van der Waals surface area contributed by atoms with Gasteiger partial charge < -0.3 is 0 Å². The summed E-state index contributed by atoms with van der Waals surface area (Å²) in [6.07, 6.45) is -7.78. The van der Waals surface area contributed by atoms with E-state index in [1.807, 2.05) is 0 Å². The molecule has 32 heavy (non-hydrogen) atoms. The van der Waals surface area contributed by atoms with Crippen molar-refractivity contribution in [2.45, 2.75) is 35.8 Å². The lowest BCUT2D eigenvalue weighted by molar-refractivity contribution is -0.138. The Balaban J connectivity index is 1.64. The van der Waals surface area contributed by atoms with E-state index in [1.165, 1.54) is 12.3 Å². The van der Waals surface area contributed by atoms with Crippen molar-refractivity contribution >= 4 is 10.0 Å². The summed E-state index contributed by atoms with van der Waals surface area (Å²) >= 11 is 0. The molecule has 3 aromatic rings. The van der Waals surface area contributed by atoms with Crippen molar-refractivity contribution in [1.82, 2.24) is 14.5 Å². The van der Waals surface area contributed by atoms with Gasteiger partial charge in [-0.3, -0.25) is 5.10 Å². The molecule has 0 saturated carbocycles. The molecule has 0 radical (unpaired) electrons. The first-order valence-electron chi connectivity index (χ1n) is 9.33. The number of sulfonamides is 1.